The molecule has 1 aromatic carbocycles. The van der Waals surface area contributed by atoms with E-state index in [1.807, 2.05) is 12.1 Å². The summed E-state index contributed by atoms with van der Waals surface area (Å²) in [4.78, 5) is 22.1. The number of aryl methyl sites for hydroxylation is 2. The molecular formula is C24H32O6S. The largest absolute Gasteiger partial charge is 0.481 e. The van der Waals surface area contributed by atoms with Gasteiger partial charge in [0, 0.05) is 5.75 Å². The third kappa shape index (κ3) is 9.19. The first-order valence-electron chi connectivity index (χ1n) is 10.8. The van der Waals surface area contributed by atoms with Crippen LogP contribution in [0, 0.1) is 0 Å². The smallest absolute Gasteiger partial charge is 0.334 e. The van der Waals surface area contributed by atoms with Gasteiger partial charge in [0.25, 0.3) is 0 Å². The minimum absolute atomic E-state index is 0.103. The predicted molar refractivity (Wildman–Crippen MR) is 121 cm³/mol. The van der Waals surface area contributed by atoms with Crippen LogP contribution >= 0.6 is 11.8 Å². The van der Waals surface area contributed by atoms with Crippen LogP contribution in [0.1, 0.15) is 67.1 Å². The quantitative estimate of drug-likeness (QED) is 0.307. The van der Waals surface area contributed by atoms with Crippen molar-refractivity contribution < 1.29 is 29.3 Å². The second kappa shape index (κ2) is 13.9. The van der Waals surface area contributed by atoms with Gasteiger partial charge in [-0.3, -0.25) is 4.79 Å². The highest BCUT2D eigenvalue weighted by atomic mass is 32.2. The van der Waals surface area contributed by atoms with Gasteiger partial charge < -0.3 is 19.7 Å². The fourth-order valence-electron chi connectivity index (χ4n) is 3.51. The number of benzene rings is 1. The lowest BCUT2D eigenvalue weighted by molar-refractivity contribution is -0.146. The molecule has 0 aliphatic carbocycles. The molecule has 2 aromatic rings. The van der Waals surface area contributed by atoms with E-state index in [1.54, 1.807) is 0 Å². The van der Waals surface area contributed by atoms with Crippen LogP contribution < -0.4 is 0 Å². The van der Waals surface area contributed by atoms with E-state index in [2.05, 4.69) is 24.3 Å². The van der Waals surface area contributed by atoms with Crippen LogP contribution in [0.15, 0.2) is 47.1 Å². The van der Waals surface area contributed by atoms with Crippen molar-refractivity contribution in [2.75, 3.05) is 5.75 Å². The van der Waals surface area contributed by atoms with E-state index in [4.69, 9.17) is 9.52 Å². The normalized spacial score (nSPS) is 13.1. The number of thioether (sulfide) groups is 1. The average molecular weight is 449 g/mol. The molecule has 0 amide bonds. The number of unbranched alkanes of at least 4 members (excludes halogenated alkanes) is 5. The van der Waals surface area contributed by atoms with Gasteiger partial charge in [-0.15, -0.1) is 11.8 Å². The van der Waals surface area contributed by atoms with Crippen molar-refractivity contribution in [1.29, 1.82) is 0 Å². The molecule has 31 heavy (non-hydrogen) atoms. The van der Waals surface area contributed by atoms with Gasteiger partial charge in [0.15, 0.2) is 6.10 Å². The number of aliphatic hydroxyl groups excluding tert-OH is 1. The molecule has 170 valence electrons. The van der Waals surface area contributed by atoms with Crippen molar-refractivity contribution >= 4 is 23.7 Å². The summed E-state index contributed by atoms with van der Waals surface area (Å²) in [5.74, 6) is -1.66. The third-order valence-corrected chi connectivity index (χ3v) is 6.47. The Morgan fingerprint density at radius 1 is 0.903 bits per heavy atom. The Morgan fingerprint density at radius 3 is 2.19 bits per heavy atom. The van der Waals surface area contributed by atoms with E-state index in [1.165, 1.54) is 31.1 Å². The van der Waals surface area contributed by atoms with Gasteiger partial charge in [-0.05, 0) is 42.9 Å². The molecule has 0 saturated carbocycles. The summed E-state index contributed by atoms with van der Waals surface area (Å²) in [6.07, 6.45) is 8.40. The molecule has 2 rings (SSSR count). The van der Waals surface area contributed by atoms with E-state index in [0.29, 0.717) is 5.76 Å². The highest BCUT2D eigenvalue weighted by Gasteiger charge is 2.32. The Bertz CT molecular complexity index is 788. The summed E-state index contributed by atoms with van der Waals surface area (Å²) >= 11 is 1.10. The van der Waals surface area contributed by atoms with Crippen molar-refractivity contribution in [2.24, 2.45) is 0 Å². The maximum absolute atomic E-state index is 11.3. The summed E-state index contributed by atoms with van der Waals surface area (Å²) < 4.78 is 5.52. The zero-order chi connectivity index (χ0) is 22.5. The Hall–Kier alpha value is -2.25. The molecule has 0 aliphatic rings. The number of hydrogen-bond acceptors (Lipinski definition) is 5. The van der Waals surface area contributed by atoms with E-state index in [9.17, 15) is 19.8 Å². The molecule has 3 N–H and O–H groups in total. The van der Waals surface area contributed by atoms with Crippen molar-refractivity contribution in [2.45, 2.75) is 69.1 Å². The van der Waals surface area contributed by atoms with Gasteiger partial charge in [0.1, 0.15) is 5.76 Å². The maximum Gasteiger partial charge on any atom is 0.334 e. The van der Waals surface area contributed by atoms with Crippen LogP contribution in [-0.2, 0) is 22.4 Å². The number of aliphatic carboxylic acids is 2. The lowest BCUT2D eigenvalue weighted by Crippen LogP contribution is -2.26. The monoisotopic (exact) mass is 448 g/mol. The molecule has 1 heterocycles. The highest BCUT2D eigenvalue weighted by Crippen LogP contribution is 2.36. The van der Waals surface area contributed by atoms with Gasteiger partial charge in [0.2, 0.25) is 0 Å². The van der Waals surface area contributed by atoms with Crippen molar-refractivity contribution in [3.63, 3.8) is 0 Å². The number of rotatable bonds is 16. The number of carboxylic acid groups (broad SMARTS) is 2. The van der Waals surface area contributed by atoms with Crippen LogP contribution in [0.4, 0.5) is 0 Å². The number of aliphatic hydroxyl groups is 1. The molecule has 0 spiro atoms. The maximum atomic E-state index is 11.3. The number of furan rings is 1. The molecule has 0 saturated heterocycles. The Balaban J connectivity index is 1.73. The fourth-order valence-corrected chi connectivity index (χ4v) is 4.72. The van der Waals surface area contributed by atoms with Crippen LogP contribution in [0.2, 0.25) is 0 Å². The van der Waals surface area contributed by atoms with E-state index in [0.717, 1.165) is 49.4 Å². The third-order valence-electron chi connectivity index (χ3n) is 5.20. The van der Waals surface area contributed by atoms with Gasteiger partial charge in [-0.1, -0.05) is 56.0 Å². The Morgan fingerprint density at radius 2 is 1.55 bits per heavy atom. The molecule has 2 unspecified atom stereocenters. The van der Waals surface area contributed by atoms with Crippen molar-refractivity contribution in [3.8, 4) is 0 Å². The van der Waals surface area contributed by atoms with Crippen LogP contribution in [0.3, 0.4) is 0 Å². The molecule has 0 fully saturated rings. The first kappa shape index (κ1) is 25.0. The lowest BCUT2D eigenvalue weighted by atomic mass is 10.0. The van der Waals surface area contributed by atoms with E-state index < -0.39 is 23.3 Å². The summed E-state index contributed by atoms with van der Waals surface area (Å²) in [6.45, 7) is 0. The predicted octanol–water partition coefficient (Wildman–Crippen LogP) is 5.10. The molecule has 0 radical (unpaired) electrons. The molecular weight excluding hydrogens is 416 g/mol. The van der Waals surface area contributed by atoms with Crippen LogP contribution in [0.5, 0.6) is 0 Å². The number of hydrogen-bond donors (Lipinski definition) is 3. The zero-order valence-electron chi connectivity index (χ0n) is 17.7. The second-order valence-electron chi connectivity index (χ2n) is 7.64. The minimum atomic E-state index is -1.65. The van der Waals surface area contributed by atoms with Crippen LogP contribution in [-0.4, -0.2) is 39.1 Å². The molecule has 6 nitrogen and oxygen atoms in total. The highest BCUT2D eigenvalue weighted by molar-refractivity contribution is 7.99. The SMILES string of the molecule is O=C(O)CCSC(c1occc1CCCCCCCCc1ccccc1)C(O)C(=O)O. The first-order valence-corrected chi connectivity index (χ1v) is 11.9. The van der Waals surface area contributed by atoms with Gasteiger partial charge >= 0.3 is 11.9 Å². The minimum Gasteiger partial charge on any atom is -0.481 e. The summed E-state index contributed by atoms with van der Waals surface area (Å²) in [5, 5.41) is 27.3. The topological polar surface area (TPSA) is 108 Å². The molecule has 0 bridgehead atoms. The summed E-state index contributed by atoms with van der Waals surface area (Å²) in [7, 11) is 0. The van der Waals surface area contributed by atoms with E-state index >= 15 is 0 Å². The molecule has 7 heteroatoms. The Kier molecular flexibility index (Phi) is 11.2. The van der Waals surface area contributed by atoms with Gasteiger partial charge in [-0.25, -0.2) is 4.79 Å². The molecule has 0 aliphatic heterocycles. The Labute approximate surface area is 187 Å². The first-order chi connectivity index (χ1) is 15.0. The average Bonchev–Trinajstić information content (AvgIpc) is 3.21. The zero-order valence-corrected chi connectivity index (χ0v) is 18.6. The molecule has 1 aromatic heterocycles. The van der Waals surface area contributed by atoms with Crippen LogP contribution in [0.25, 0.3) is 0 Å². The van der Waals surface area contributed by atoms with Gasteiger partial charge in [0.05, 0.1) is 17.9 Å². The number of carboxylic acids is 2. The van der Waals surface area contributed by atoms with Gasteiger partial charge in [-0.2, -0.15) is 0 Å². The van der Waals surface area contributed by atoms with E-state index in [-0.39, 0.29) is 12.2 Å². The standard InChI is InChI=1S/C24H32O6S/c25-20(26)15-17-31-23(21(27)24(28)29)22-19(14-16-30-22)13-9-4-2-1-3-6-10-18-11-7-5-8-12-18/h5,7-8,11-12,14,16,21,23,27H,1-4,6,9-10,13,15,17H2,(H,25,26)(H,28,29). The summed E-state index contributed by atoms with van der Waals surface area (Å²) in [6, 6.07) is 12.3. The van der Waals surface area contributed by atoms with Crippen molar-refractivity contribution in [1.82, 2.24) is 0 Å². The molecule has 2 atom stereocenters. The van der Waals surface area contributed by atoms with Crippen molar-refractivity contribution in [3.05, 3.63) is 59.5 Å². The lowest BCUT2D eigenvalue weighted by Gasteiger charge is -2.19. The number of carbonyl (C=O) groups is 2. The summed E-state index contributed by atoms with van der Waals surface area (Å²) in [5.41, 5.74) is 2.27. The fraction of sp³-hybridized carbons (Fsp3) is 0.500. The second-order valence-corrected chi connectivity index (χ2v) is 8.88.